The Morgan fingerprint density at radius 1 is 1.41 bits per heavy atom. The summed E-state index contributed by atoms with van der Waals surface area (Å²) in [5.74, 6) is -0.266. The Balaban J connectivity index is 2.08. The number of hydrogen-bond donors (Lipinski definition) is 2. The summed E-state index contributed by atoms with van der Waals surface area (Å²) in [6, 6.07) is 2.61. The second-order valence-corrected chi connectivity index (χ2v) is 6.02. The van der Waals surface area contributed by atoms with E-state index in [0.29, 0.717) is 5.76 Å². The highest BCUT2D eigenvalue weighted by atomic mass is 16.3. The van der Waals surface area contributed by atoms with Gasteiger partial charge >= 0.3 is 6.03 Å². The van der Waals surface area contributed by atoms with Crippen LogP contribution >= 0.6 is 0 Å². The fraction of sp³-hybridized carbons (Fsp3) is 0.533. The van der Waals surface area contributed by atoms with E-state index in [0.717, 1.165) is 4.90 Å². The second kappa shape index (κ2) is 5.82. The van der Waals surface area contributed by atoms with E-state index in [9.17, 15) is 14.4 Å². The molecule has 0 spiro atoms. The van der Waals surface area contributed by atoms with Crippen LogP contribution in [0.5, 0.6) is 0 Å². The van der Waals surface area contributed by atoms with E-state index in [1.165, 1.54) is 6.26 Å². The fourth-order valence-corrected chi connectivity index (χ4v) is 2.18. The number of carbonyl (C=O) groups is 3. The predicted octanol–water partition coefficient (Wildman–Crippen LogP) is 1.21. The van der Waals surface area contributed by atoms with Crippen LogP contribution in [0.4, 0.5) is 4.79 Å². The molecule has 7 nitrogen and oxygen atoms in total. The SMILES string of the molecule is CC(C)[C@@H](C)NC(=O)CN1C(=O)N[C@](C)(c2ccco2)C1=O. The second-order valence-electron chi connectivity index (χ2n) is 6.02. The van der Waals surface area contributed by atoms with Crippen molar-refractivity contribution in [2.24, 2.45) is 5.92 Å². The zero-order chi connectivity index (χ0) is 16.5. The van der Waals surface area contributed by atoms with Crippen molar-refractivity contribution in [3.05, 3.63) is 24.2 Å². The normalized spacial score (nSPS) is 22.9. The molecule has 2 N–H and O–H groups in total. The van der Waals surface area contributed by atoms with Gasteiger partial charge in [-0.05, 0) is 31.9 Å². The average Bonchev–Trinajstić information content (AvgIpc) is 3.03. The van der Waals surface area contributed by atoms with Gasteiger partial charge in [-0.3, -0.25) is 14.5 Å². The summed E-state index contributed by atoms with van der Waals surface area (Å²) in [6.45, 7) is 7.08. The summed E-state index contributed by atoms with van der Waals surface area (Å²) < 4.78 is 5.23. The van der Waals surface area contributed by atoms with Gasteiger partial charge in [0.2, 0.25) is 5.91 Å². The highest BCUT2D eigenvalue weighted by Gasteiger charge is 2.51. The van der Waals surface area contributed by atoms with Gasteiger partial charge in [0.1, 0.15) is 12.3 Å². The first-order valence-corrected chi connectivity index (χ1v) is 7.23. The van der Waals surface area contributed by atoms with Crippen molar-refractivity contribution in [3.63, 3.8) is 0 Å². The van der Waals surface area contributed by atoms with Gasteiger partial charge in [0.05, 0.1) is 6.26 Å². The van der Waals surface area contributed by atoms with E-state index in [4.69, 9.17) is 4.42 Å². The molecule has 120 valence electrons. The number of carbonyl (C=O) groups excluding carboxylic acids is 3. The summed E-state index contributed by atoms with van der Waals surface area (Å²) in [5, 5.41) is 5.35. The number of amides is 4. The lowest BCUT2D eigenvalue weighted by Gasteiger charge is -2.21. The standard InChI is InChI=1S/C15H21N3O4/c1-9(2)10(3)16-12(19)8-18-13(20)15(4,17-14(18)21)11-6-5-7-22-11/h5-7,9-10H,8H2,1-4H3,(H,16,19)(H,17,21)/t10-,15-/m1/s1. The largest absolute Gasteiger partial charge is 0.466 e. The van der Waals surface area contributed by atoms with Crippen LogP contribution in [0.1, 0.15) is 33.5 Å². The van der Waals surface area contributed by atoms with Gasteiger partial charge in [-0.25, -0.2) is 4.79 Å². The van der Waals surface area contributed by atoms with Crippen LogP contribution in [0.15, 0.2) is 22.8 Å². The van der Waals surface area contributed by atoms with Crippen LogP contribution in [0, 0.1) is 5.92 Å². The van der Waals surface area contributed by atoms with Crippen LogP contribution in [0.2, 0.25) is 0 Å². The molecule has 0 bridgehead atoms. The molecule has 22 heavy (non-hydrogen) atoms. The Kier molecular flexibility index (Phi) is 4.25. The third-order valence-electron chi connectivity index (χ3n) is 3.98. The summed E-state index contributed by atoms with van der Waals surface area (Å²) in [6.07, 6.45) is 1.43. The number of nitrogens with zero attached hydrogens (tertiary/aromatic N) is 1. The van der Waals surface area contributed by atoms with E-state index in [1.807, 2.05) is 20.8 Å². The van der Waals surface area contributed by atoms with Gasteiger partial charge in [-0.1, -0.05) is 13.8 Å². The lowest BCUT2D eigenvalue weighted by molar-refractivity contribution is -0.135. The monoisotopic (exact) mass is 307 g/mol. The van der Waals surface area contributed by atoms with Gasteiger partial charge in [0, 0.05) is 6.04 Å². The van der Waals surface area contributed by atoms with Crippen molar-refractivity contribution >= 4 is 17.8 Å². The van der Waals surface area contributed by atoms with Crippen LogP contribution in [-0.2, 0) is 15.1 Å². The van der Waals surface area contributed by atoms with Gasteiger partial charge in [0.15, 0.2) is 5.54 Å². The first kappa shape index (κ1) is 16.1. The van der Waals surface area contributed by atoms with E-state index in [1.54, 1.807) is 19.1 Å². The van der Waals surface area contributed by atoms with Crippen molar-refractivity contribution in [3.8, 4) is 0 Å². The van der Waals surface area contributed by atoms with E-state index >= 15 is 0 Å². The van der Waals surface area contributed by atoms with Crippen molar-refractivity contribution in [2.45, 2.75) is 39.3 Å². The smallest absolute Gasteiger partial charge is 0.325 e. The Morgan fingerprint density at radius 3 is 2.64 bits per heavy atom. The predicted molar refractivity (Wildman–Crippen MR) is 78.7 cm³/mol. The molecular formula is C15H21N3O4. The number of nitrogens with one attached hydrogen (secondary N) is 2. The van der Waals surface area contributed by atoms with Gasteiger partial charge in [-0.15, -0.1) is 0 Å². The third kappa shape index (κ3) is 2.84. The highest BCUT2D eigenvalue weighted by Crippen LogP contribution is 2.28. The average molecular weight is 307 g/mol. The van der Waals surface area contributed by atoms with Gasteiger partial charge < -0.3 is 15.1 Å². The molecule has 4 amide bonds. The molecule has 1 aromatic rings. The molecule has 1 fully saturated rings. The molecule has 1 aliphatic rings. The molecule has 1 aromatic heterocycles. The maximum Gasteiger partial charge on any atom is 0.325 e. The molecule has 2 heterocycles. The maximum atomic E-state index is 12.5. The topological polar surface area (TPSA) is 91.7 Å². The van der Waals surface area contributed by atoms with Crippen LogP contribution in [0.25, 0.3) is 0 Å². The number of hydrogen-bond acceptors (Lipinski definition) is 4. The zero-order valence-corrected chi connectivity index (χ0v) is 13.2. The molecule has 1 aliphatic heterocycles. The number of rotatable bonds is 5. The van der Waals surface area contributed by atoms with E-state index < -0.39 is 17.5 Å². The molecule has 0 saturated carbocycles. The molecule has 0 aliphatic carbocycles. The van der Waals surface area contributed by atoms with Gasteiger partial charge in [0.25, 0.3) is 5.91 Å². The van der Waals surface area contributed by atoms with Crippen molar-refractivity contribution in [2.75, 3.05) is 6.54 Å². The van der Waals surface area contributed by atoms with E-state index in [2.05, 4.69) is 10.6 Å². The zero-order valence-electron chi connectivity index (χ0n) is 13.2. The molecule has 0 aromatic carbocycles. The number of urea groups is 1. The summed E-state index contributed by atoms with van der Waals surface area (Å²) >= 11 is 0. The Bertz CT molecular complexity index is 582. The quantitative estimate of drug-likeness (QED) is 0.800. The minimum absolute atomic E-state index is 0.0373. The minimum Gasteiger partial charge on any atom is -0.466 e. The van der Waals surface area contributed by atoms with Crippen LogP contribution < -0.4 is 10.6 Å². The summed E-state index contributed by atoms with van der Waals surface area (Å²) in [4.78, 5) is 37.4. The molecule has 0 unspecified atom stereocenters. The lowest BCUT2D eigenvalue weighted by Crippen LogP contribution is -2.45. The number of imide groups is 1. The van der Waals surface area contributed by atoms with E-state index in [-0.39, 0.29) is 24.4 Å². The number of furan rings is 1. The first-order chi connectivity index (χ1) is 10.3. The van der Waals surface area contributed by atoms with Gasteiger partial charge in [-0.2, -0.15) is 0 Å². The Morgan fingerprint density at radius 2 is 2.09 bits per heavy atom. The minimum atomic E-state index is -1.27. The van der Waals surface area contributed by atoms with Crippen LogP contribution in [0.3, 0.4) is 0 Å². The molecule has 7 heteroatoms. The fourth-order valence-electron chi connectivity index (χ4n) is 2.18. The maximum absolute atomic E-state index is 12.5. The first-order valence-electron chi connectivity index (χ1n) is 7.23. The molecule has 1 saturated heterocycles. The molecule has 2 rings (SSSR count). The lowest BCUT2D eigenvalue weighted by atomic mass is 9.99. The molecular weight excluding hydrogens is 286 g/mol. The molecule has 2 atom stereocenters. The van der Waals surface area contributed by atoms with Crippen molar-refractivity contribution < 1.29 is 18.8 Å². The summed E-state index contributed by atoms with van der Waals surface area (Å²) in [5.41, 5.74) is -1.27. The summed E-state index contributed by atoms with van der Waals surface area (Å²) in [7, 11) is 0. The molecule has 0 radical (unpaired) electrons. The highest BCUT2D eigenvalue weighted by molar-refractivity contribution is 6.08. The van der Waals surface area contributed by atoms with Crippen LogP contribution in [-0.4, -0.2) is 35.3 Å². The Hall–Kier alpha value is -2.31. The van der Waals surface area contributed by atoms with Crippen molar-refractivity contribution in [1.82, 2.24) is 15.5 Å². The van der Waals surface area contributed by atoms with Crippen molar-refractivity contribution in [1.29, 1.82) is 0 Å². The third-order valence-corrected chi connectivity index (χ3v) is 3.98. The Labute approximate surface area is 129 Å².